The Hall–Kier alpha value is -1.62. The van der Waals surface area contributed by atoms with E-state index in [1.165, 1.54) is 0 Å². The first-order chi connectivity index (χ1) is 9.31. The summed E-state index contributed by atoms with van der Waals surface area (Å²) in [6, 6.07) is 0. The Morgan fingerprint density at radius 3 is 1.75 bits per heavy atom. The van der Waals surface area contributed by atoms with Crippen molar-refractivity contribution in [3.63, 3.8) is 0 Å². The second kappa shape index (κ2) is 9.31. The van der Waals surface area contributed by atoms with Crippen molar-refractivity contribution in [2.24, 2.45) is 0 Å². The number of unbranched alkanes of at least 4 members (excludes halogenated alkanes) is 2. The third-order valence-corrected chi connectivity index (χ3v) is 4.15. The van der Waals surface area contributed by atoms with E-state index in [2.05, 4.69) is 26.7 Å². The maximum atomic E-state index is 5.62. The van der Waals surface area contributed by atoms with Crippen LogP contribution < -0.4 is 0 Å². The summed E-state index contributed by atoms with van der Waals surface area (Å²) in [4.78, 5) is 0. The number of rotatable bonds is 11. The normalized spacial score (nSPS) is 11.0. The molecule has 4 nitrogen and oxygen atoms in total. The molecule has 0 aromatic rings. The maximum Gasteiger partial charge on any atom is 0.965 e. The summed E-state index contributed by atoms with van der Waals surface area (Å²) in [5.74, 6) is 1.34. The van der Waals surface area contributed by atoms with Gasteiger partial charge in [0.25, 0.3) is 0 Å². The fourth-order valence-corrected chi connectivity index (χ4v) is 3.11. The molecular formula is C15H26O4Si. The highest BCUT2D eigenvalue weighted by Crippen LogP contribution is 2.21. The van der Waals surface area contributed by atoms with Gasteiger partial charge < -0.3 is 17.7 Å². The van der Waals surface area contributed by atoms with Gasteiger partial charge in [-0.05, 0) is 33.6 Å². The standard InChI is InChI=1S/C15H26O4Si/c1-8-9-10-11-12-16-20(17-13(2)3,18-14(4)5)19-15(6)7/h11-12H,2,4,6,8-10H2,1,3,5,7H3. The monoisotopic (exact) mass is 298 g/mol. The highest BCUT2D eigenvalue weighted by Gasteiger charge is 2.56. The number of allylic oxidation sites excluding steroid dienone is 4. The molecule has 0 bridgehead atoms. The Kier molecular flexibility index (Phi) is 8.55. The van der Waals surface area contributed by atoms with Crippen molar-refractivity contribution >= 4 is 9.05 Å². The summed E-state index contributed by atoms with van der Waals surface area (Å²) < 4.78 is 22.3. The molecule has 0 spiro atoms. The van der Waals surface area contributed by atoms with Crippen molar-refractivity contribution in [3.05, 3.63) is 49.4 Å². The smallest absolute Gasteiger partial charge is 0.459 e. The summed E-state index contributed by atoms with van der Waals surface area (Å²) >= 11 is 0. The fourth-order valence-electron chi connectivity index (χ4n) is 1.30. The molecule has 0 fully saturated rings. The van der Waals surface area contributed by atoms with Crippen molar-refractivity contribution in [1.29, 1.82) is 0 Å². The minimum Gasteiger partial charge on any atom is -0.459 e. The van der Waals surface area contributed by atoms with Gasteiger partial charge in [-0.1, -0.05) is 39.2 Å². The molecule has 0 aromatic heterocycles. The second-order valence-corrected chi connectivity index (χ2v) is 6.39. The van der Waals surface area contributed by atoms with Gasteiger partial charge in [0.2, 0.25) is 0 Å². The molecule has 0 aromatic carbocycles. The number of hydrogen-bond donors (Lipinski definition) is 0. The van der Waals surface area contributed by atoms with Crippen molar-refractivity contribution in [2.45, 2.75) is 47.0 Å². The molecular weight excluding hydrogens is 272 g/mol. The molecule has 0 unspecified atom stereocenters. The van der Waals surface area contributed by atoms with E-state index >= 15 is 0 Å². The Morgan fingerprint density at radius 2 is 1.40 bits per heavy atom. The van der Waals surface area contributed by atoms with Crippen LogP contribution in [0, 0.1) is 0 Å². The van der Waals surface area contributed by atoms with Gasteiger partial charge in [-0.2, -0.15) is 0 Å². The van der Waals surface area contributed by atoms with E-state index in [-0.39, 0.29) is 0 Å². The molecule has 0 aliphatic heterocycles. The molecule has 0 atom stereocenters. The van der Waals surface area contributed by atoms with Gasteiger partial charge in [0.05, 0.1) is 23.5 Å². The minimum absolute atomic E-state index is 0.445. The summed E-state index contributed by atoms with van der Waals surface area (Å²) in [6.45, 7) is 18.3. The van der Waals surface area contributed by atoms with Gasteiger partial charge in [-0.25, -0.2) is 0 Å². The van der Waals surface area contributed by atoms with Crippen LogP contribution in [-0.4, -0.2) is 9.05 Å². The van der Waals surface area contributed by atoms with Gasteiger partial charge in [0.15, 0.2) is 0 Å². The fraction of sp³-hybridized carbons (Fsp3) is 0.467. The lowest BCUT2D eigenvalue weighted by Crippen LogP contribution is -2.46. The van der Waals surface area contributed by atoms with E-state index in [1.807, 2.05) is 6.08 Å². The molecule has 114 valence electrons. The largest absolute Gasteiger partial charge is 0.965 e. The van der Waals surface area contributed by atoms with E-state index in [1.54, 1.807) is 27.0 Å². The first-order valence-electron chi connectivity index (χ1n) is 6.67. The summed E-state index contributed by atoms with van der Waals surface area (Å²) in [7, 11) is -3.43. The molecule has 0 rings (SSSR count). The van der Waals surface area contributed by atoms with Crippen LogP contribution in [0.3, 0.4) is 0 Å². The minimum atomic E-state index is -3.43. The summed E-state index contributed by atoms with van der Waals surface area (Å²) in [6.07, 6.45) is 6.61. The van der Waals surface area contributed by atoms with Gasteiger partial charge >= 0.3 is 9.05 Å². The van der Waals surface area contributed by atoms with Gasteiger partial charge in [-0.3, -0.25) is 0 Å². The zero-order chi connectivity index (χ0) is 15.6. The zero-order valence-corrected chi connectivity index (χ0v) is 14.0. The average Bonchev–Trinajstić information content (AvgIpc) is 2.25. The molecule has 0 heterocycles. The molecule has 5 heteroatoms. The van der Waals surface area contributed by atoms with Gasteiger partial charge in [0, 0.05) is 0 Å². The molecule has 0 saturated carbocycles. The van der Waals surface area contributed by atoms with E-state index < -0.39 is 9.05 Å². The Morgan fingerprint density at radius 1 is 0.950 bits per heavy atom. The molecule has 0 amide bonds. The third kappa shape index (κ3) is 8.47. The molecule has 0 aliphatic rings. The number of hydrogen-bond acceptors (Lipinski definition) is 4. The lowest BCUT2D eigenvalue weighted by atomic mass is 10.2. The molecule has 0 N–H and O–H groups in total. The topological polar surface area (TPSA) is 36.9 Å². The predicted molar refractivity (Wildman–Crippen MR) is 83.2 cm³/mol. The summed E-state index contributed by atoms with van der Waals surface area (Å²) in [5, 5.41) is 0. The van der Waals surface area contributed by atoms with E-state index in [0.717, 1.165) is 19.3 Å². The molecule has 0 saturated heterocycles. The highest BCUT2D eigenvalue weighted by atomic mass is 28.4. The first kappa shape index (κ1) is 18.4. The molecule has 20 heavy (non-hydrogen) atoms. The van der Waals surface area contributed by atoms with Crippen LogP contribution in [0.1, 0.15) is 47.0 Å². The van der Waals surface area contributed by atoms with Crippen molar-refractivity contribution in [1.82, 2.24) is 0 Å². The lowest BCUT2D eigenvalue weighted by Gasteiger charge is -2.27. The van der Waals surface area contributed by atoms with Gasteiger partial charge in [-0.15, -0.1) is 0 Å². The highest BCUT2D eigenvalue weighted by molar-refractivity contribution is 6.54. The second-order valence-electron chi connectivity index (χ2n) is 4.54. The SMILES string of the molecule is C=C(C)O[Si](OC=CCCCC)(OC(=C)C)OC(=C)C. The van der Waals surface area contributed by atoms with Crippen molar-refractivity contribution in [2.75, 3.05) is 0 Å². The molecule has 0 aliphatic carbocycles. The van der Waals surface area contributed by atoms with Crippen LogP contribution >= 0.6 is 0 Å². The zero-order valence-electron chi connectivity index (χ0n) is 13.0. The van der Waals surface area contributed by atoms with Crippen LogP contribution in [0.5, 0.6) is 0 Å². The van der Waals surface area contributed by atoms with Gasteiger partial charge in [0.1, 0.15) is 0 Å². The predicted octanol–water partition coefficient (Wildman–Crippen LogP) is 4.79. The van der Waals surface area contributed by atoms with E-state index in [0.29, 0.717) is 17.3 Å². The molecule has 0 radical (unpaired) electrons. The third-order valence-electron chi connectivity index (χ3n) is 1.93. The van der Waals surface area contributed by atoms with Crippen molar-refractivity contribution < 1.29 is 17.7 Å². The Labute approximate surface area is 123 Å². The van der Waals surface area contributed by atoms with Crippen LogP contribution in [0.2, 0.25) is 0 Å². The quantitative estimate of drug-likeness (QED) is 0.312. The summed E-state index contributed by atoms with van der Waals surface area (Å²) in [5.41, 5.74) is 0. The van der Waals surface area contributed by atoms with E-state index in [4.69, 9.17) is 17.7 Å². The Balaban J connectivity index is 4.94. The Bertz CT molecular complexity index is 333. The van der Waals surface area contributed by atoms with Crippen molar-refractivity contribution in [3.8, 4) is 0 Å². The maximum absolute atomic E-state index is 5.62. The average molecular weight is 298 g/mol. The lowest BCUT2D eigenvalue weighted by molar-refractivity contribution is 0.0520. The van der Waals surface area contributed by atoms with Crippen LogP contribution in [0.4, 0.5) is 0 Å². The van der Waals surface area contributed by atoms with Crippen LogP contribution in [0.15, 0.2) is 49.4 Å². The van der Waals surface area contributed by atoms with E-state index in [9.17, 15) is 0 Å². The first-order valence-corrected chi connectivity index (χ1v) is 8.31. The van der Waals surface area contributed by atoms with Crippen LogP contribution in [0.25, 0.3) is 0 Å². The van der Waals surface area contributed by atoms with Crippen LogP contribution in [-0.2, 0) is 17.7 Å².